The van der Waals surface area contributed by atoms with Crippen LogP contribution in [0.15, 0.2) is 24.4 Å². The summed E-state index contributed by atoms with van der Waals surface area (Å²) in [5.41, 5.74) is 7.39. The molecule has 0 spiro atoms. The Balaban J connectivity index is 2.59. The summed E-state index contributed by atoms with van der Waals surface area (Å²) in [6, 6.07) is 4.10. The van der Waals surface area contributed by atoms with Crippen LogP contribution in [0.1, 0.15) is 0 Å². The van der Waals surface area contributed by atoms with Gasteiger partial charge in [-0.15, -0.1) is 0 Å². The second-order valence-corrected chi connectivity index (χ2v) is 3.24. The molecule has 1 aromatic carbocycles. The highest BCUT2D eigenvalue weighted by atomic mass is 19.1. The van der Waals surface area contributed by atoms with Crippen molar-refractivity contribution >= 4 is 5.69 Å². The minimum atomic E-state index is -0.673. The number of hydrogen-bond acceptors (Lipinski definition) is 3. The lowest BCUT2D eigenvalue weighted by molar-refractivity contribution is 0.432. The standard InChI is InChI=1S/C10H10FN3O/c1-14-10(8(12)5-13-14)6-2-3-9(15)7(11)4-6/h2-5,15H,12H2,1H3. The molecule has 0 fully saturated rings. The van der Waals surface area contributed by atoms with Gasteiger partial charge in [0, 0.05) is 12.6 Å². The summed E-state index contributed by atoms with van der Waals surface area (Å²) in [6.07, 6.45) is 1.50. The molecule has 15 heavy (non-hydrogen) atoms. The normalized spacial score (nSPS) is 10.5. The fourth-order valence-electron chi connectivity index (χ4n) is 1.46. The van der Waals surface area contributed by atoms with E-state index < -0.39 is 5.82 Å². The van der Waals surface area contributed by atoms with E-state index in [4.69, 9.17) is 10.8 Å². The van der Waals surface area contributed by atoms with Gasteiger partial charge in [0.15, 0.2) is 11.6 Å². The van der Waals surface area contributed by atoms with Crippen molar-refractivity contribution in [1.29, 1.82) is 0 Å². The third-order valence-corrected chi connectivity index (χ3v) is 2.19. The number of aromatic nitrogens is 2. The van der Waals surface area contributed by atoms with Crippen LogP contribution >= 0.6 is 0 Å². The second-order valence-electron chi connectivity index (χ2n) is 3.24. The summed E-state index contributed by atoms with van der Waals surface area (Å²) in [4.78, 5) is 0. The Morgan fingerprint density at radius 3 is 2.73 bits per heavy atom. The van der Waals surface area contributed by atoms with Crippen molar-refractivity contribution < 1.29 is 9.50 Å². The van der Waals surface area contributed by atoms with E-state index in [9.17, 15) is 4.39 Å². The van der Waals surface area contributed by atoms with Gasteiger partial charge in [-0.1, -0.05) is 0 Å². The molecule has 0 saturated carbocycles. The summed E-state index contributed by atoms with van der Waals surface area (Å²) in [7, 11) is 1.72. The topological polar surface area (TPSA) is 64.1 Å². The van der Waals surface area contributed by atoms with E-state index in [0.717, 1.165) is 0 Å². The van der Waals surface area contributed by atoms with Crippen molar-refractivity contribution in [3.8, 4) is 17.0 Å². The van der Waals surface area contributed by atoms with Gasteiger partial charge in [-0.2, -0.15) is 5.10 Å². The molecule has 0 aliphatic carbocycles. The van der Waals surface area contributed by atoms with Gasteiger partial charge in [0.05, 0.1) is 17.6 Å². The van der Waals surface area contributed by atoms with Gasteiger partial charge < -0.3 is 10.8 Å². The van der Waals surface area contributed by atoms with Crippen molar-refractivity contribution in [2.24, 2.45) is 7.05 Å². The molecule has 0 amide bonds. The highest BCUT2D eigenvalue weighted by Crippen LogP contribution is 2.28. The number of benzene rings is 1. The van der Waals surface area contributed by atoms with Crippen LogP contribution in [0, 0.1) is 5.82 Å². The van der Waals surface area contributed by atoms with Gasteiger partial charge in [0.1, 0.15) is 0 Å². The molecule has 0 radical (unpaired) electrons. The van der Waals surface area contributed by atoms with E-state index in [-0.39, 0.29) is 5.75 Å². The summed E-state index contributed by atoms with van der Waals surface area (Å²) in [5.74, 6) is -1.05. The fourth-order valence-corrected chi connectivity index (χ4v) is 1.46. The van der Waals surface area contributed by atoms with Gasteiger partial charge in [-0.3, -0.25) is 4.68 Å². The Kier molecular flexibility index (Phi) is 2.07. The molecule has 0 atom stereocenters. The molecule has 1 aromatic heterocycles. The van der Waals surface area contributed by atoms with Crippen molar-refractivity contribution in [2.75, 3.05) is 5.73 Å². The Morgan fingerprint density at radius 1 is 1.47 bits per heavy atom. The number of aromatic hydroxyl groups is 1. The lowest BCUT2D eigenvalue weighted by atomic mass is 10.1. The van der Waals surface area contributed by atoms with Crippen LogP contribution in [-0.4, -0.2) is 14.9 Å². The van der Waals surface area contributed by atoms with Gasteiger partial charge in [0.2, 0.25) is 0 Å². The average Bonchev–Trinajstić information content (AvgIpc) is 2.52. The predicted molar refractivity (Wildman–Crippen MR) is 54.7 cm³/mol. The number of nitrogens with two attached hydrogens (primary N) is 1. The van der Waals surface area contributed by atoms with Gasteiger partial charge in [-0.25, -0.2) is 4.39 Å². The smallest absolute Gasteiger partial charge is 0.165 e. The SMILES string of the molecule is Cn1ncc(N)c1-c1ccc(O)c(F)c1. The van der Waals surface area contributed by atoms with Crippen LogP contribution in [0.25, 0.3) is 11.3 Å². The van der Waals surface area contributed by atoms with E-state index in [1.54, 1.807) is 17.8 Å². The van der Waals surface area contributed by atoms with E-state index >= 15 is 0 Å². The Hall–Kier alpha value is -2.04. The Bertz CT molecular complexity index is 488. The van der Waals surface area contributed by atoms with Crippen LogP contribution in [0.5, 0.6) is 5.75 Å². The third-order valence-electron chi connectivity index (χ3n) is 2.19. The lowest BCUT2D eigenvalue weighted by Gasteiger charge is -2.04. The number of aryl methyl sites for hydroxylation is 1. The monoisotopic (exact) mass is 207 g/mol. The molecule has 0 unspecified atom stereocenters. The van der Waals surface area contributed by atoms with E-state index in [1.165, 1.54) is 18.3 Å². The molecule has 78 valence electrons. The number of phenolic OH excluding ortho intramolecular Hbond substituents is 1. The first-order chi connectivity index (χ1) is 7.09. The van der Waals surface area contributed by atoms with Gasteiger partial charge in [-0.05, 0) is 18.2 Å². The largest absolute Gasteiger partial charge is 0.505 e. The minimum Gasteiger partial charge on any atom is -0.505 e. The first-order valence-electron chi connectivity index (χ1n) is 4.36. The number of phenols is 1. The second kappa shape index (κ2) is 3.27. The van der Waals surface area contributed by atoms with E-state index in [2.05, 4.69) is 5.10 Å². The number of nitrogens with zero attached hydrogens (tertiary/aromatic N) is 2. The average molecular weight is 207 g/mol. The van der Waals surface area contributed by atoms with Crippen LogP contribution in [0.3, 0.4) is 0 Å². The summed E-state index contributed by atoms with van der Waals surface area (Å²) < 4.78 is 14.7. The summed E-state index contributed by atoms with van der Waals surface area (Å²) >= 11 is 0. The lowest BCUT2D eigenvalue weighted by Crippen LogP contribution is -1.96. The van der Waals surface area contributed by atoms with Crippen LogP contribution in [-0.2, 0) is 7.05 Å². The highest BCUT2D eigenvalue weighted by Gasteiger charge is 2.10. The maximum absolute atomic E-state index is 13.1. The van der Waals surface area contributed by atoms with Crippen molar-refractivity contribution in [3.05, 3.63) is 30.2 Å². The molecule has 3 N–H and O–H groups in total. The molecule has 1 heterocycles. The zero-order valence-corrected chi connectivity index (χ0v) is 8.11. The molecule has 0 aliphatic rings. The molecule has 2 aromatic rings. The maximum Gasteiger partial charge on any atom is 0.165 e. The zero-order valence-electron chi connectivity index (χ0n) is 8.11. The van der Waals surface area contributed by atoms with Crippen LogP contribution in [0.4, 0.5) is 10.1 Å². The van der Waals surface area contributed by atoms with Crippen molar-refractivity contribution in [2.45, 2.75) is 0 Å². The Morgan fingerprint density at radius 2 is 2.20 bits per heavy atom. The molecule has 4 nitrogen and oxygen atoms in total. The number of nitrogen functional groups attached to an aromatic ring is 1. The van der Waals surface area contributed by atoms with E-state index in [0.29, 0.717) is 16.9 Å². The minimum absolute atomic E-state index is 0.375. The summed E-state index contributed by atoms with van der Waals surface area (Å²) in [5, 5.41) is 13.0. The molecule has 0 bridgehead atoms. The molecule has 2 rings (SSSR count). The molecular weight excluding hydrogens is 197 g/mol. The first-order valence-corrected chi connectivity index (χ1v) is 4.36. The molecule has 0 saturated heterocycles. The third kappa shape index (κ3) is 1.52. The van der Waals surface area contributed by atoms with Gasteiger partial charge >= 0.3 is 0 Å². The van der Waals surface area contributed by atoms with E-state index in [1.807, 2.05) is 0 Å². The number of rotatable bonds is 1. The Labute approximate surface area is 85.8 Å². The maximum atomic E-state index is 13.1. The first kappa shape index (κ1) is 9.51. The molecule has 5 heteroatoms. The van der Waals surface area contributed by atoms with Gasteiger partial charge in [0.25, 0.3) is 0 Å². The predicted octanol–water partition coefficient (Wildman–Crippen LogP) is 1.51. The van der Waals surface area contributed by atoms with Crippen LogP contribution < -0.4 is 5.73 Å². The number of hydrogen-bond donors (Lipinski definition) is 2. The summed E-state index contributed by atoms with van der Waals surface area (Å²) in [6.45, 7) is 0. The van der Waals surface area contributed by atoms with Crippen molar-refractivity contribution in [1.82, 2.24) is 9.78 Å². The quantitative estimate of drug-likeness (QED) is 0.745. The fraction of sp³-hybridized carbons (Fsp3) is 0.100. The van der Waals surface area contributed by atoms with Crippen LogP contribution in [0.2, 0.25) is 0 Å². The molecule has 0 aliphatic heterocycles. The van der Waals surface area contributed by atoms with Crippen molar-refractivity contribution in [3.63, 3.8) is 0 Å². The zero-order chi connectivity index (χ0) is 11.0. The molecular formula is C10H10FN3O. The number of halogens is 1. The number of anilines is 1. The highest BCUT2D eigenvalue weighted by molar-refractivity contribution is 5.72.